The maximum Gasteiger partial charge on any atom is 0.160 e. The molecule has 0 aliphatic carbocycles. The van der Waals surface area contributed by atoms with Gasteiger partial charge in [0.05, 0.1) is 33.6 Å². The number of rotatable bonds is 7. The lowest BCUT2D eigenvalue weighted by Crippen LogP contribution is -1.97. The van der Waals surface area contributed by atoms with Crippen LogP contribution in [0.4, 0.5) is 0 Å². The van der Waals surface area contributed by atoms with Crippen molar-refractivity contribution in [3.63, 3.8) is 0 Å². The van der Waals surface area contributed by atoms with E-state index in [0.29, 0.717) is 5.82 Å². The Hall–Kier alpha value is -9.45. The molecule has 0 aliphatic heterocycles. The van der Waals surface area contributed by atoms with Crippen molar-refractivity contribution in [2.45, 2.75) is 0 Å². The normalized spacial score (nSPS) is 11.7. The van der Waals surface area contributed by atoms with Gasteiger partial charge < -0.3 is 8.98 Å². The van der Waals surface area contributed by atoms with Crippen LogP contribution in [-0.4, -0.2) is 19.5 Å². The van der Waals surface area contributed by atoms with E-state index in [4.69, 9.17) is 19.4 Å². The number of benzene rings is 10. The molecule has 0 radical (unpaired) electrons. The maximum absolute atomic E-state index is 6.70. The van der Waals surface area contributed by atoms with Crippen LogP contribution in [0.3, 0.4) is 0 Å². The summed E-state index contributed by atoms with van der Waals surface area (Å²) in [5.74, 6) is 0.668. The summed E-state index contributed by atoms with van der Waals surface area (Å²) in [5, 5.41) is 7.95. The fraction of sp³-hybridized carbons (Fsp3) is 0. The van der Waals surface area contributed by atoms with Gasteiger partial charge in [-0.15, -0.1) is 0 Å². The van der Waals surface area contributed by atoms with Gasteiger partial charge in [-0.25, -0.2) is 15.0 Å². The molecule has 0 aliphatic rings. The number of para-hydroxylation sites is 4. The van der Waals surface area contributed by atoms with Crippen LogP contribution in [0.1, 0.15) is 0 Å². The first-order valence-corrected chi connectivity index (χ1v) is 23.7. The van der Waals surface area contributed by atoms with E-state index in [1.54, 1.807) is 0 Å². The zero-order chi connectivity index (χ0) is 46.1. The fourth-order valence-corrected chi connectivity index (χ4v) is 10.6. The molecular formula is C65H40N4O. The Morgan fingerprint density at radius 1 is 0.314 bits per heavy atom. The summed E-state index contributed by atoms with van der Waals surface area (Å²) in [6.45, 7) is 0. The van der Waals surface area contributed by atoms with Crippen molar-refractivity contribution in [1.82, 2.24) is 19.5 Å². The summed E-state index contributed by atoms with van der Waals surface area (Å²) >= 11 is 0. The summed E-state index contributed by atoms with van der Waals surface area (Å²) in [7, 11) is 0. The molecule has 10 aromatic carbocycles. The molecule has 70 heavy (non-hydrogen) atoms. The first kappa shape index (κ1) is 39.7. The highest BCUT2D eigenvalue weighted by atomic mass is 16.3. The predicted molar refractivity (Wildman–Crippen MR) is 289 cm³/mol. The van der Waals surface area contributed by atoms with Gasteiger partial charge in [0.1, 0.15) is 11.2 Å². The molecule has 0 saturated carbocycles. The minimum absolute atomic E-state index is 0.668. The van der Waals surface area contributed by atoms with Crippen molar-refractivity contribution in [2.24, 2.45) is 0 Å². The molecule has 4 aromatic heterocycles. The van der Waals surface area contributed by atoms with E-state index in [-0.39, 0.29) is 0 Å². The van der Waals surface area contributed by atoms with Gasteiger partial charge in [-0.3, -0.25) is 0 Å². The van der Waals surface area contributed by atoms with Crippen LogP contribution >= 0.6 is 0 Å². The van der Waals surface area contributed by atoms with Gasteiger partial charge in [0.2, 0.25) is 0 Å². The SMILES string of the molecule is c1ccc(-c2cc(-c3cccc(-c4cccc(-c5c6c(cc7c(-c8ccccc8)nc8ccccc8c57)oc5ccccc56)c4)c3)nc(-c3ccc(-n4c5ccccc5c5ccccc54)cc3)n2)cc1. The van der Waals surface area contributed by atoms with E-state index in [0.717, 1.165) is 111 Å². The average Bonchev–Trinajstić information content (AvgIpc) is 3.98. The van der Waals surface area contributed by atoms with Crippen LogP contribution in [0, 0.1) is 0 Å². The van der Waals surface area contributed by atoms with Crippen LogP contribution in [0.15, 0.2) is 247 Å². The van der Waals surface area contributed by atoms with Crippen molar-refractivity contribution in [3.8, 4) is 73.1 Å². The van der Waals surface area contributed by atoms with Crippen molar-refractivity contribution in [2.75, 3.05) is 0 Å². The Bertz CT molecular complexity index is 4290. The summed E-state index contributed by atoms with van der Waals surface area (Å²) in [4.78, 5) is 15.8. The van der Waals surface area contributed by atoms with Crippen LogP contribution in [0.2, 0.25) is 0 Å². The van der Waals surface area contributed by atoms with Gasteiger partial charge in [0.15, 0.2) is 5.82 Å². The summed E-state index contributed by atoms with van der Waals surface area (Å²) in [6.07, 6.45) is 0. The minimum atomic E-state index is 0.668. The lowest BCUT2D eigenvalue weighted by molar-refractivity contribution is 0.669. The first-order chi connectivity index (χ1) is 34.7. The molecule has 0 bridgehead atoms. The van der Waals surface area contributed by atoms with E-state index < -0.39 is 0 Å². The molecule has 0 fully saturated rings. The van der Waals surface area contributed by atoms with Crippen LogP contribution in [0.25, 0.3) is 139 Å². The topological polar surface area (TPSA) is 56.7 Å². The number of hydrogen-bond acceptors (Lipinski definition) is 4. The number of furan rings is 1. The molecule has 326 valence electrons. The van der Waals surface area contributed by atoms with Crippen molar-refractivity contribution in [3.05, 3.63) is 243 Å². The highest BCUT2D eigenvalue weighted by Crippen LogP contribution is 2.47. The molecule has 0 spiro atoms. The molecule has 0 saturated heterocycles. The fourth-order valence-electron chi connectivity index (χ4n) is 10.6. The third-order valence-corrected chi connectivity index (χ3v) is 13.8. The summed E-state index contributed by atoms with van der Waals surface area (Å²) < 4.78 is 9.04. The van der Waals surface area contributed by atoms with Crippen LogP contribution in [0.5, 0.6) is 0 Å². The molecule has 0 unspecified atom stereocenters. The highest BCUT2D eigenvalue weighted by molar-refractivity contribution is 6.28. The van der Waals surface area contributed by atoms with Crippen molar-refractivity contribution in [1.29, 1.82) is 0 Å². The molecule has 5 heteroatoms. The molecule has 5 nitrogen and oxygen atoms in total. The summed E-state index contributed by atoms with van der Waals surface area (Å²) in [5.41, 5.74) is 17.2. The smallest absolute Gasteiger partial charge is 0.160 e. The molecule has 0 amide bonds. The Balaban J connectivity index is 0.914. The lowest BCUT2D eigenvalue weighted by atomic mass is 9.88. The molecule has 14 aromatic rings. The largest absolute Gasteiger partial charge is 0.456 e. The van der Waals surface area contributed by atoms with Gasteiger partial charge in [0.25, 0.3) is 0 Å². The van der Waals surface area contributed by atoms with E-state index in [2.05, 4.69) is 235 Å². The Labute approximate surface area is 403 Å². The standard InChI is InChI=1S/C65H40N4O/c1-3-17-41(18-4-1)55-40-56(68-65(67-55)43-33-35-48(36-34-43)69-57-30-12-8-25-49(57)50-26-9-13-31-58(50)69)46-23-15-21-44(37-46)45-22-16-24-47(38-45)61-62-51-27-7-11-29-54(51)66-64(42-19-5-2-6-20-42)53(62)39-60-63(61)52-28-10-14-32-59(52)70-60/h1-40H. The second-order valence-corrected chi connectivity index (χ2v) is 17.9. The number of aromatic nitrogens is 4. The predicted octanol–water partition coefficient (Wildman–Crippen LogP) is 17.2. The molecule has 4 heterocycles. The van der Waals surface area contributed by atoms with E-state index >= 15 is 0 Å². The molecule has 14 rings (SSSR count). The zero-order valence-electron chi connectivity index (χ0n) is 37.8. The molecular weight excluding hydrogens is 853 g/mol. The monoisotopic (exact) mass is 892 g/mol. The van der Waals surface area contributed by atoms with Gasteiger partial charge in [-0.2, -0.15) is 0 Å². The van der Waals surface area contributed by atoms with E-state index in [1.807, 2.05) is 12.1 Å². The van der Waals surface area contributed by atoms with E-state index in [9.17, 15) is 0 Å². The third kappa shape index (κ3) is 6.51. The number of nitrogens with zero attached hydrogens (tertiary/aromatic N) is 4. The van der Waals surface area contributed by atoms with E-state index in [1.165, 1.54) is 21.8 Å². The zero-order valence-corrected chi connectivity index (χ0v) is 37.8. The number of hydrogen-bond donors (Lipinski definition) is 0. The van der Waals surface area contributed by atoms with Crippen LogP contribution in [-0.2, 0) is 0 Å². The van der Waals surface area contributed by atoms with Crippen molar-refractivity contribution >= 4 is 65.4 Å². The van der Waals surface area contributed by atoms with Gasteiger partial charge in [-0.05, 0) is 89.5 Å². The van der Waals surface area contributed by atoms with Gasteiger partial charge in [0, 0.05) is 71.2 Å². The van der Waals surface area contributed by atoms with Gasteiger partial charge >= 0.3 is 0 Å². The average molecular weight is 893 g/mol. The summed E-state index contributed by atoms with van der Waals surface area (Å²) in [6, 6.07) is 85.5. The number of fused-ring (bicyclic) bond motifs is 9. The van der Waals surface area contributed by atoms with Crippen LogP contribution < -0.4 is 0 Å². The maximum atomic E-state index is 6.70. The number of pyridine rings is 1. The first-order valence-electron chi connectivity index (χ1n) is 23.7. The van der Waals surface area contributed by atoms with Gasteiger partial charge in [-0.1, -0.05) is 170 Å². The van der Waals surface area contributed by atoms with Crippen molar-refractivity contribution < 1.29 is 4.42 Å². The minimum Gasteiger partial charge on any atom is -0.456 e. The lowest BCUT2D eigenvalue weighted by Gasteiger charge is -2.16. The Morgan fingerprint density at radius 2 is 0.857 bits per heavy atom. The third-order valence-electron chi connectivity index (χ3n) is 13.8. The second kappa shape index (κ2) is 16.1. The quantitative estimate of drug-likeness (QED) is 0.150. The second-order valence-electron chi connectivity index (χ2n) is 17.9. The highest BCUT2D eigenvalue weighted by Gasteiger charge is 2.22. The molecule has 0 N–H and O–H groups in total. The Kier molecular flexibility index (Phi) is 9.14. The Morgan fingerprint density at radius 3 is 1.57 bits per heavy atom. The molecule has 0 atom stereocenters.